The monoisotopic (exact) mass is 392 g/mol. The molecule has 0 aromatic carbocycles. The number of rotatable bonds is 9. The molecule has 8 heteroatoms. The first kappa shape index (κ1) is 21.0. The van der Waals surface area contributed by atoms with Gasteiger partial charge in [0.25, 0.3) is 5.91 Å². The molecule has 4 N–H and O–H groups in total. The van der Waals surface area contributed by atoms with Crippen molar-refractivity contribution in [3.63, 3.8) is 0 Å². The molecule has 0 aliphatic heterocycles. The first-order chi connectivity index (χ1) is 12.9. The molecule has 1 atom stereocenters. The van der Waals surface area contributed by atoms with Gasteiger partial charge >= 0.3 is 0 Å². The molecule has 0 saturated carbocycles. The molecule has 0 aliphatic carbocycles. The standard InChI is InChI=1S/C19H28N4O3S/c1-4-20-18(23-13-19(3,25)16-9-8-14(2)26-16)22-11-6-10-21-17(24)15-7-5-12-27-15/h5,7-9,12,25H,4,6,10-11,13H2,1-3H3,(H,21,24)(H2,20,22,23). The second-order valence-electron chi connectivity index (χ2n) is 6.39. The Morgan fingerprint density at radius 2 is 2.04 bits per heavy atom. The number of amides is 1. The average Bonchev–Trinajstić information content (AvgIpc) is 3.31. The van der Waals surface area contributed by atoms with Crippen molar-refractivity contribution in [1.29, 1.82) is 0 Å². The van der Waals surface area contributed by atoms with E-state index >= 15 is 0 Å². The van der Waals surface area contributed by atoms with Gasteiger partial charge in [-0.25, -0.2) is 4.99 Å². The van der Waals surface area contributed by atoms with Crippen molar-refractivity contribution in [3.05, 3.63) is 46.0 Å². The molecular formula is C19H28N4O3S. The fraction of sp³-hybridized carbons (Fsp3) is 0.474. The number of nitrogens with one attached hydrogen (secondary N) is 3. The maximum atomic E-state index is 11.9. The van der Waals surface area contributed by atoms with Gasteiger partial charge < -0.3 is 25.5 Å². The third-order valence-electron chi connectivity index (χ3n) is 3.84. The van der Waals surface area contributed by atoms with Crippen LogP contribution in [-0.4, -0.2) is 43.2 Å². The number of carbonyl (C=O) groups is 1. The summed E-state index contributed by atoms with van der Waals surface area (Å²) >= 11 is 1.43. The van der Waals surface area contributed by atoms with Gasteiger partial charge in [0.1, 0.15) is 17.1 Å². The summed E-state index contributed by atoms with van der Waals surface area (Å²) in [7, 11) is 0. The molecule has 0 spiro atoms. The number of carbonyl (C=O) groups excluding carboxylic acids is 1. The molecule has 0 saturated heterocycles. The van der Waals surface area contributed by atoms with Crippen molar-refractivity contribution in [3.8, 4) is 0 Å². The van der Waals surface area contributed by atoms with E-state index in [1.165, 1.54) is 11.3 Å². The van der Waals surface area contributed by atoms with Gasteiger partial charge in [-0.1, -0.05) is 6.07 Å². The predicted octanol–water partition coefficient (Wildman–Crippen LogP) is 2.23. The molecule has 2 aromatic rings. The Kier molecular flexibility index (Phi) is 7.87. The van der Waals surface area contributed by atoms with Crippen LogP contribution in [0.3, 0.4) is 0 Å². The van der Waals surface area contributed by atoms with E-state index in [1.54, 1.807) is 19.1 Å². The van der Waals surface area contributed by atoms with Crippen molar-refractivity contribution in [2.75, 3.05) is 26.2 Å². The summed E-state index contributed by atoms with van der Waals surface area (Å²) in [6.45, 7) is 7.61. The van der Waals surface area contributed by atoms with E-state index < -0.39 is 5.60 Å². The minimum absolute atomic E-state index is 0.0460. The quantitative estimate of drug-likeness (QED) is 0.298. The Labute approximate surface area is 163 Å². The molecule has 0 radical (unpaired) electrons. The van der Waals surface area contributed by atoms with E-state index in [-0.39, 0.29) is 12.5 Å². The van der Waals surface area contributed by atoms with Crippen LogP contribution >= 0.6 is 11.3 Å². The first-order valence-electron chi connectivity index (χ1n) is 9.05. The summed E-state index contributed by atoms with van der Waals surface area (Å²) in [5, 5.41) is 21.7. The van der Waals surface area contributed by atoms with Crippen LogP contribution in [0.1, 0.15) is 41.5 Å². The van der Waals surface area contributed by atoms with Gasteiger partial charge in [-0.05, 0) is 50.8 Å². The lowest BCUT2D eigenvalue weighted by Crippen LogP contribution is -2.40. The van der Waals surface area contributed by atoms with Crippen molar-refractivity contribution in [2.45, 2.75) is 32.8 Å². The topological polar surface area (TPSA) is 98.9 Å². The summed E-state index contributed by atoms with van der Waals surface area (Å²) in [5.41, 5.74) is -1.18. The molecule has 2 aromatic heterocycles. The van der Waals surface area contributed by atoms with Gasteiger partial charge in [0.05, 0.1) is 11.4 Å². The van der Waals surface area contributed by atoms with Crippen molar-refractivity contribution < 1.29 is 14.3 Å². The fourth-order valence-corrected chi connectivity index (χ4v) is 3.01. The molecule has 0 fully saturated rings. The number of thiophene rings is 1. The highest BCUT2D eigenvalue weighted by molar-refractivity contribution is 7.12. The van der Waals surface area contributed by atoms with Crippen LogP contribution in [0.25, 0.3) is 0 Å². The minimum Gasteiger partial charge on any atom is -0.463 e. The molecule has 27 heavy (non-hydrogen) atoms. The molecule has 7 nitrogen and oxygen atoms in total. The van der Waals surface area contributed by atoms with Gasteiger partial charge in [-0.15, -0.1) is 11.3 Å². The van der Waals surface area contributed by atoms with Gasteiger partial charge in [-0.2, -0.15) is 0 Å². The molecule has 2 rings (SSSR count). The Balaban J connectivity index is 1.77. The van der Waals surface area contributed by atoms with E-state index in [4.69, 9.17) is 4.42 Å². The van der Waals surface area contributed by atoms with Crippen LogP contribution in [0.2, 0.25) is 0 Å². The zero-order valence-corrected chi connectivity index (χ0v) is 16.9. The largest absolute Gasteiger partial charge is 0.463 e. The molecular weight excluding hydrogens is 364 g/mol. The SMILES string of the molecule is CCNC(=NCC(C)(O)c1ccc(C)o1)NCCCNC(=O)c1cccs1. The summed E-state index contributed by atoms with van der Waals surface area (Å²) in [6.07, 6.45) is 0.759. The Bertz CT molecular complexity index is 738. The van der Waals surface area contributed by atoms with Crippen molar-refractivity contribution in [2.24, 2.45) is 4.99 Å². The van der Waals surface area contributed by atoms with Gasteiger partial charge in [0.15, 0.2) is 5.96 Å². The highest BCUT2D eigenvalue weighted by atomic mass is 32.1. The van der Waals surface area contributed by atoms with E-state index in [1.807, 2.05) is 31.4 Å². The number of aliphatic imine (C=N–C) groups is 1. The van der Waals surface area contributed by atoms with Crippen LogP contribution in [0.15, 0.2) is 39.1 Å². The number of hydrogen-bond acceptors (Lipinski definition) is 5. The van der Waals surface area contributed by atoms with Crippen LogP contribution in [0.4, 0.5) is 0 Å². The average molecular weight is 393 g/mol. The highest BCUT2D eigenvalue weighted by Gasteiger charge is 2.26. The van der Waals surface area contributed by atoms with Crippen molar-refractivity contribution >= 4 is 23.2 Å². The molecule has 0 aliphatic rings. The number of aryl methyl sites for hydroxylation is 1. The van der Waals surface area contributed by atoms with Crippen LogP contribution < -0.4 is 16.0 Å². The lowest BCUT2D eigenvalue weighted by atomic mass is 10.0. The van der Waals surface area contributed by atoms with E-state index in [0.29, 0.717) is 36.2 Å². The van der Waals surface area contributed by atoms with Crippen LogP contribution in [-0.2, 0) is 5.60 Å². The summed E-state index contributed by atoms with van der Waals surface area (Å²) < 4.78 is 5.51. The summed E-state index contributed by atoms with van der Waals surface area (Å²) in [6, 6.07) is 7.25. The van der Waals surface area contributed by atoms with E-state index in [9.17, 15) is 9.90 Å². The third kappa shape index (κ3) is 6.73. The lowest BCUT2D eigenvalue weighted by Gasteiger charge is -2.19. The number of aliphatic hydroxyl groups is 1. The number of guanidine groups is 1. The zero-order chi connectivity index (χ0) is 19.7. The lowest BCUT2D eigenvalue weighted by molar-refractivity contribution is 0.0428. The number of hydrogen-bond donors (Lipinski definition) is 4. The Hall–Kier alpha value is -2.32. The second kappa shape index (κ2) is 10.1. The zero-order valence-electron chi connectivity index (χ0n) is 16.0. The predicted molar refractivity (Wildman–Crippen MR) is 108 cm³/mol. The maximum absolute atomic E-state index is 11.9. The maximum Gasteiger partial charge on any atom is 0.261 e. The second-order valence-corrected chi connectivity index (χ2v) is 7.34. The number of nitrogens with zero attached hydrogens (tertiary/aromatic N) is 1. The van der Waals surface area contributed by atoms with Crippen LogP contribution in [0.5, 0.6) is 0 Å². The van der Waals surface area contributed by atoms with E-state index in [0.717, 1.165) is 12.2 Å². The molecule has 1 amide bonds. The Morgan fingerprint density at radius 1 is 1.26 bits per heavy atom. The van der Waals surface area contributed by atoms with Crippen LogP contribution in [0, 0.1) is 6.92 Å². The molecule has 0 bridgehead atoms. The van der Waals surface area contributed by atoms with Crippen molar-refractivity contribution in [1.82, 2.24) is 16.0 Å². The van der Waals surface area contributed by atoms with Gasteiger partial charge in [0, 0.05) is 19.6 Å². The van der Waals surface area contributed by atoms with Gasteiger partial charge in [0.2, 0.25) is 0 Å². The fourth-order valence-electron chi connectivity index (χ4n) is 2.37. The molecule has 2 heterocycles. The summed E-state index contributed by atoms with van der Waals surface area (Å²) in [4.78, 5) is 17.0. The third-order valence-corrected chi connectivity index (χ3v) is 4.71. The van der Waals surface area contributed by atoms with E-state index in [2.05, 4.69) is 20.9 Å². The first-order valence-corrected chi connectivity index (χ1v) is 9.93. The van der Waals surface area contributed by atoms with Gasteiger partial charge in [-0.3, -0.25) is 4.79 Å². The Morgan fingerprint density at radius 3 is 2.67 bits per heavy atom. The minimum atomic E-state index is -1.18. The number of furan rings is 1. The summed E-state index contributed by atoms with van der Waals surface area (Å²) in [5.74, 6) is 1.82. The smallest absolute Gasteiger partial charge is 0.261 e. The highest BCUT2D eigenvalue weighted by Crippen LogP contribution is 2.22. The molecule has 1 unspecified atom stereocenters. The molecule has 148 valence electrons. The normalized spacial score (nSPS) is 13.9.